The third kappa shape index (κ3) is 2.24. The van der Waals surface area contributed by atoms with Crippen LogP contribution in [0.5, 0.6) is 0 Å². The van der Waals surface area contributed by atoms with Gasteiger partial charge in [-0.25, -0.2) is 0 Å². The number of hydrogen-bond acceptors (Lipinski definition) is 1. The summed E-state index contributed by atoms with van der Waals surface area (Å²) in [6.45, 7) is 4.66. The van der Waals surface area contributed by atoms with Gasteiger partial charge in [-0.2, -0.15) is 0 Å². The molecule has 0 aliphatic carbocycles. The maximum absolute atomic E-state index is 3.71. The summed E-state index contributed by atoms with van der Waals surface area (Å²) in [5.74, 6) is 0. The van der Waals surface area contributed by atoms with Gasteiger partial charge in [0.2, 0.25) is 0 Å². The Morgan fingerprint density at radius 3 is 2.55 bits per heavy atom. The van der Waals surface area contributed by atoms with Crippen molar-refractivity contribution in [3.8, 4) is 0 Å². The smallest absolute Gasteiger partial charge is 0.108 e. The quantitative estimate of drug-likeness (QED) is 0.474. The van der Waals surface area contributed by atoms with Gasteiger partial charge >= 0.3 is 0 Å². The van der Waals surface area contributed by atoms with Crippen molar-refractivity contribution in [2.75, 3.05) is 11.1 Å². The van der Waals surface area contributed by atoms with Crippen LogP contribution in [0, 0.1) is 0 Å². The lowest BCUT2D eigenvalue weighted by atomic mass is 10.3. The standard InChI is InChI=1S/C9H13NSi/c1-2-8-10(11)9-6-4-3-5-7-9/h2-7H,1,8H2,11H3. The van der Waals surface area contributed by atoms with Crippen molar-refractivity contribution in [2.24, 2.45) is 0 Å². The largest absolute Gasteiger partial charge is 0.403 e. The second-order valence-electron chi connectivity index (χ2n) is 2.50. The molecule has 11 heavy (non-hydrogen) atoms. The first-order valence-corrected chi connectivity index (χ1v) is 4.61. The highest BCUT2D eigenvalue weighted by atomic mass is 28.2. The van der Waals surface area contributed by atoms with E-state index < -0.39 is 0 Å². The normalized spacial score (nSPS) is 9.45. The molecule has 0 bridgehead atoms. The molecular formula is C9H13NSi. The molecular weight excluding hydrogens is 150 g/mol. The van der Waals surface area contributed by atoms with Crippen LogP contribution in [-0.2, 0) is 0 Å². The topological polar surface area (TPSA) is 3.24 Å². The molecule has 0 radical (unpaired) electrons. The van der Waals surface area contributed by atoms with Crippen molar-refractivity contribution < 1.29 is 0 Å². The first kappa shape index (κ1) is 8.08. The van der Waals surface area contributed by atoms with Crippen LogP contribution in [0.2, 0.25) is 0 Å². The first-order chi connectivity index (χ1) is 5.34. The van der Waals surface area contributed by atoms with E-state index in [-0.39, 0.29) is 0 Å². The van der Waals surface area contributed by atoms with Crippen LogP contribution in [0.3, 0.4) is 0 Å². The van der Waals surface area contributed by atoms with Crippen LogP contribution in [-0.4, -0.2) is 16.9 Å². The van der Waals surface area contributed by atoms with Gasteiger partial charge in [0.15, 0.2) is 0 Å². The van der Waals surface area contributed by atoms with E-state index in [9.17, 15) is 0 Å². The molecule has 1 rings (SSSR count). The minimum absolute atomic E-state index is 0.955. The Labute approximate surface area is 70.8 Å². The van der Waals surface area contributed by atoms with Gasteiger partial charge in [0.1, 0.15) is 10.4 Å². The molecule has 0 unspecified atom stereocenters. The summed E-state index contributed by atoms with van der Waals surface area (Å²) >= 11 is 0. The number of rotatable bonds is 3. The van der Waals surface area contributed by atoms with Gasteiger partial charge in [0.05, 0.1) is 0 Å². The van der Waals surface area contributed by atoms with E-state index in [0.29, 0.717) is 0 Å². The van der Waals surface area contributed by atoms with E-state index in [0.717, 1.165) is 16.9 Å². The van der Waals surface area contributed by atoms with E-state index in [2.05, 4.69) is 35.4 Å². The van der Waals surface area contributed by atoms with Crippen LogP contribution < -0.4 is 4.57 Å². The van der Waals surface area contributed by atoms with Gasteiger partial charge in [-0.15, -0.1) is 6.58 Å². The van der Waals surface area contributed by atoms with E-state index in [1.807, 2.05) is 12.1 Å². The summed E-state index contributed by atoms with van der Waals surface area (Å²) < 4.78 is 2.28. The average molecular weight is 163 g/mol. The molecule has 0 amide bonds. The number of benzene rings is 1. The number of para-hydroxylation sites is 1. The zero-order valence-electron chi connectivity index (χ0n) is 6.83. The Hall–Kier alpha value is -1.02. The molecule has 0 saturated carbocycles. The molecule has 0 aromatic heterocycles. The molecule has 2 heteroatoms. The Bertz CT molecular complexity index is 220. The van der Waals surface area contributed by atoms with Crippen LogP contribution in [0.4, 0.5) is 5.69 Å². The second kappa shape index (κ2) is 3.98. The Morgan fingerprint density at radius 2 is 2.00 bits per heavy atom. The Morgan fingerprint density at radius 1 is 1.36 bits per heavy atom. The minimum atomic E-state index is 0.955. The maximum atomic E-state index is 3.71. The molecule has 0 aliphatic rings. The van der Waals surface area contributed by atoms with Crippen molar-refractivity contribution in [1.82, 2.24) is 0 Å². The zero-order valence-corrected chi connectivity index (χ0v) is 8.83. The highest BCUT2D eigenvalue weighted by molar-refractivity contribution is 6.17. The fourth-order valence-electron chi connectivity index (χ4n) is 0.982. The molecule has 0 fully saturated rings. The van der Waals surface area contributed by atoms with Gasteiger partial charge in [-0.3, -0.25) is 0 Å². The molecule has 0 saturated heterocycles. The zero-order chi connectivity index (χ0) is 8.10. The summed E-state index contributed by atoms with van der Waals surface area (Å²) in [5.41, 5.74) is 1.29. The number of nitrogens with zero attached hydrogens (tertiary/aromatic N) is 1. The molecule has 0 spiro atoms. The lowest BCUT2D eigenvalue weighted by molar-refractivity contribution is 1.20. The fourth-order valence-corrected chi connectivity index (χ4v) is 1.54. The van der Waals surface area contributed by atoms with Gasteiger partial charge in [0.25, 0.3) is 0 Å². The van der Waals surface area contributed by atoms with Crippen molar-refractivity contribution in [3.05, 3.63) is 43.0 Å². The van der Waals surface area contributed by atoms with E-state index in [1.165, 1.54) is 5.69 Å². The molecule has 0 heterocycles. The predicted octanol–water partition coefficient (Wildman–Crippen LogP) is 0.959. The second-order valence-corrected chi connectivity index (χ2v) is 3.58. The predicted molar refractivity (Wildman–Crippen MR) is 53.9 cm³/mol. The summed E-state index contributed by atoms with van der Waals surface area (Å²) in [5, 5.41) is 0. The Balaban J connectivity index is 2.68. The fraction of sp³-hybridized carbons (Fsp3) is 0.111. The summed E-state index contributed by atoms with van der Waals surface area (Å²) in [7, 11) is 1.05. The van der Waals surface area contributed by atoms with Gasteiger partial charge in [-0.05, 0) is 12.1 Å². The molecule has 0 N–H and O–H groups in total. The summed E-state index contributed by atoms with van der Waals surface area (Å²) in [4.78, 5) is 0. The van der Waals surface area contributed by atoms with Crippen LogP contribution >= 0.6 is 0 Å². The maximum Gasteiger partial charge on any atom is 0.108 e. The first-order valence-electron chi connectivity index (χ1n) is 3.71. The average Bonchev–Trinajstić information content (AvgIpc) is 2.07. The van der Waals surface area contributed by atoms with Crippen molar-refractivity contribution in [2.45, 2.75) is 0 Å². The molecule has 0 atom stereocenters. The Kier molecular flexibility index (Phi) is 2.92. The van der Waals surface area contributed by atoms with Crippen LogP contribution in [0.1, 0.15) is 0 Å². The highest BCUT2D eigenvalue weighted by Crippen LogP contribution is 2.09. The van der Waals surface area contributed by atoms with E-state index >= 15 is 0 Å². The van der Waals surface area contributed by atoms with Crippen molar-refractivity contribution in [3.63, 3.8) is 0 Å². The van der Waals surface area contributed by atoms with E-state index in [4.69, 9.17) is 0 Å². The monoisotopic (exact) mass is 163 g/mol. The molecule has 1 aromatic carbocycles. The number of hydrogen-bond donors (Lipinski definition) is 0. The van der Waals surface area contributed by atoms with E-state index in [1.54, 1.807) is 0 Å². The van der Waals surface area contributed by atoms with Gasteiger partial charge in [0, 0.05) is 12.2 Å². The SMILES string of the molecule is C=CCN([SiH3])c1ccccc1. The minimum Gasteiger partial charge on any atom is -0.403 e. The van der Waals surface area contributed by atoms with Gasteiger partial charge < -0.3 is 4.57 Å². The highest BCUT2D eigenvalue weighted by Gasteiger charge is 1.93. The number of anilines is 1. The summed E-state index contributed by atoms with van der Waals surface area (Å²) in [6, 6.07) is 10.4. The molecule has 58 valence electrons. The molecule has 1 nitrogen and oxygen atoms in total. The third-order valence-electron chi connectivity index (χ3n) is 1.60. The lowest BCUT2D eigenvalue weighted by Gasteiger charge is -2.16. The molecule has 1 aromatic rings. The summed E-state index contributed by atoms with van der Waals surface area (Å²) in [6.07, 6.45) is 1.93. The lowest BCUT2D eigenvalue weighted by Crippen LogP contribution is -2.18. The third-order valence-corrected chi connectivity index (χ3v) is 2.48. The van der Waals surface area contributed by atoms with Crippen molar-refractivity contribution in [1.29, 1.82) is 0 Å². The molecule has 0 aliphatic heterocycles. The van der Waals surface area contributed by atoms with Gasteiger partial charge in [-0.1, -0.05) is 24.3 Å². The van der Waals surface area contributed by atoms with Crippen LogP contribution in [0.25, 0.3) is 0 Å². The van der Waals surface area contributed by atoms with Crippen LogP contribution in [0.15, 0.2) is 43.0 Å². The van der Waals surface area contributed by atoms with Crippen molar-refractivity contribution >= 4 is 16.1 Å².